The maximum atomic E-state index is 13.6. The molecule has 16 heteroatoms. The highest BCUT2D eigenvalue weighted by Gasteiger charge is 2.47. The van der Waals surface area contributed by atoms with Gasteiger partial charge in [0.1, 0.15) is 31.0 Å². The number of cyclic esters (lactones) is 1. The predicted octanol–water partition coefficient (Wildman–Crippen LogP) is 7.12. The second-order valence-corrected chi connectivity index (χ2v) is 18.3. The second-order valence-electron chi connectivity index (χ2n) is 16.9. The van der Waals surface area contributed by atoms with Crippen LogP contribution in [0.4, 0.5) is 0 Å². The van der Waals surface area contributed by atoms with Crippen molar-refractivity contribution in [3.05, 3.63) is 72.9 Å². The fourth-order valence-corrected chi connectivity index (χ4v) is 8.24. The number of unbranched alkanes of at least 4 members (excludes halogenated alkanes) is 9. The number of carbonyl (C=O) groups excluding carboxylic acids is 3. The minimum Gasteiger partial charge on any atom is -0.462 e. The highest BCUT2D eigenvalue weighted by atomic mass is 31.2. The summed E-state index contributed by atoms with van der Waals surface area (Å²) in [6.45, 7) is 2.80. The van der Waals surface area contributed by atoms with Crippen molar-refractivity contribution in [3.8, 4) is 0 Å². The monoisotopic (exact) mass is 939 g/mol. The molecule has 0 fully saturated rings. The number of aliphatic hydroxyl groups excluding tert-OH is 6. The Morgan fingerprint density at radius 2 is 1.43 bits per heavy atom. The number of hydrogen-bond donors (Lipinski definition) is 7. The molecule has 1 aliphatic carbocycles. The third-order valence-electron chi connectivity index (χ3n) is 11.3. The molecule has 0 aromatic rings. The third kappa shape index (κ3) is 25.0. The SMILES string of the molecule is CCCCCCCC/C=C\C/C=C\C/C=C\CCCC(=O)O[C@@H]1COC(=O)CCCC=CC[C@H]2C=CC(=O)[C@H](/C=C/[C@@H](O)CCCCC)[C@@H](O)[C@@H](O)[C@@H](OP(=O)(O)OC1)[C@H](O)[C@@H](O)[C@@H]2O. The van der Waals surface area contributed by atoms with Crippen LogP contribution in [0.2, 0.25) is 0 Å². The van der Waals surface area contributed by atoms with Crippen LogP contribution in [-0.2, 0) is 37.5 Å². The molecule has 0 spiro atoms. The molecule has 0 saturated carbocycles. The first-order chi connectivity index (χ1) is 31.2. The molecule has 2 rings (SSSR count). The lowest BCUT2D eigenvalue weighted by atomic mass is 9.87. The van der Waals surface area contributed by atoms with Crippen molar-refractivity contribution in [2.45, 2.75) is 191 Å². The summed E-state index contributed by atoms with van der Waals surface area (Å²) in [5.41, 5.74) is 0. The van der Waals surface area contributed by atoms with Crippen LogP contribution in [0, 0.1) is 11.8 Å². The third-order valence-corrected chi connectivity index (χ3v) is 12.2. The number of allylic oxidation sites excluding steroid dienone is 9. The summed E-state index contributed by atoms with van der Waals surface area (Å²) in [7, 11) is -5.43. The van der Waals surface area contributed by atoms with Crippen molar-refractivity contribution in [2.24, 2.45) is 11.8 Å². The van der Waals surface area contributed by atoms with Gasteiger partial charge in [-0.2, -0.15) is 0 Å². The van der Waals surface area contributed by atoms with Crippen LogP contribution in [0.15, 0.2) is 72.9 Å². The molecule has 11 atom stereocenters. The molecule has 7 N–H and O–H groups in total. The minimum atomic E-state index is -5.43. The molecule has 1 aliphatic heterocycles. The van der Waals surface area contributed by atoms with E-state index in [2.05, 4.69) is 31.2 Å². The molecule has 0 amide bonds. The quantitative estimate of drug-likeness (QED) is 0.0247. The zero-order valence-electron chi connectivity index (χ0n) is 38.6. The van der Waals surface area contributed by atoms with Gasteiger partial charge in [-0.3, -0.25) is 23.4 Å². The Balaban J connectivity index is 2.17. The van der Waals surface area contributed by atoms with E-state index >= 15 is 0 Å². The normalized spacial score (nSPS) is 29.9. The van der Waals surface area contributed by atoms with E-state index in [4.69, 9.17) is 18.5 Å². The van der Waals surface area contributed by atoms with Crippen LogP contribution in [-0.4, -0.2) is 115 Å². The molecular weight excluding hydrogens is 859 g/mol. The molecule has 1 unspecified atom stereocenters. The van der Waals surface area contributed by atoms with Gasteiger partial charge in [-0.25, -0.2) is 4.57 Å². The van der Waals surface area contributed by atoms with Crippen molar-refractivity contribution in [1.29, 1.82) is 0 Å². The Hall–Kier alpha value is -3.08. The predicted molar refractivity (Wildman–Crippen MR) is 248 cm³/mol. The van der Waals surface area contributed by atoms with Gasteiger partial charge in [0.25, 0.3) is 0 Å². The molecule has 1 heterocycles. The number of fused-ring (bicyclic) bond motifs is 4. The van der Waals surface area contributed by atoms with Crippen molar-refractivity contribution in [3.63, 3.8) is 0 Å². The van der Waals surface area contributed by atoms with Crippen LogP contribution >= 0.6 is 7.82 Å². The van der Waals surface area contributed by atoms with Gasteiger partial charge in [0.05, 0.1) is 30.8 Å². The Labute approximate surface area is 386 Å². The first-order valence-electron chi connectivity index (χ1n) is 23.8. The Morgan fingerprint density at radius 1 is 0.800 bits per heavy atom. The lowest BCUT2D eigenvalue weighted by Gasteiger charge is -2.36. The molecular formula is C49H79O15P. The summed E-state index contributed by atoms with van der Waals surface area (Å²) >= 11 is 0. The fraction of sp³-hybridized carbons (Fsp3) is 0.694. The number of esters is 2. The Bertz CT molecular complexity index is 1570. The summed E-state index contributed by atoms with van der Waals surface area (Å²) in [6.07, 6.45) is 19.9. The number of aliphatic hydroxyl groups is 6. The van der Waals surface area contributed by atoms with Gasteiger partial charge in [0.15, 0.2) is 11.9 Å². The van der Waals surface area contributed by atoms with Gasteiger partial charge in [-0.1, -0.05) is 132 Å². The molecule has 0 aromatic carbocycles. The van der Waals surface area contributed by atoms with Crippen molar-refractivity contribution in [2.75, 3.05) is 13.2 Å². The van der Waals surface area contributed by atoms with Gasteiger partial charge in [0.2, 0.25) is 0 Å². The standard InChI is InChI=1S/C49H79O15P/c1-3-5-7-8-9-10-11-12-13-14-15-16-17-18-19-20-26-30-43(53)63-39-35-61-42(52)29-25-22-21-24-27-37-31-34-41(51)40(33-32-38(50)28-23-6-4-2)45(55)47(57)49(48(58)46(56)44(37)54)64-65(59,60)62-36-39/h12-13,15-16,18-19,21,24,31-34,37-40,44-50,54-58H,3-11,14,17,20,22-23,25-30,35-36H2,1-2H3,(H,59,60)/b13-12-,16-15-,19-18-,24-21?,33-32+,34-31?/t37-,38-,39+,40-,44+,45+,46-,47+,48+,49+/m0/s1. The van der Waals surface area contributed by atoms with Gasteiger partial charge >= 0.3 is 19.8 Å². The van der Waals surface area contributed by atoms with E-state index < -0.39 is 99.4 Å². The van der Waals surface area contributed by atoms with E-state index in [1.54, 1.807) is 12.2 Å². The number of rotatable bonds is 22. The summed E-state index contributed by atoms with van der Waals surface area (Å²) < 4.78 is 34.6. The smallest absolute Gasteiger partial charge is 0.462 e. The molecule has 2 bridgehead atoms. The van der Waals surface area contributed by atoms with Crippen LogP contribution < -0.4 is 0 Å². The van der Waals surface area contributed by atoms with Gasteiger partial charge in [-0.05, 0) is 70.3 Å². The molecule has 0 radical (unpaired) electrons. The zero-order valence-corrected chi connectivity index (χ0v) is 39.5. The van der Waals surface area contributed by atoms with Gasteiger partial charge < -0.3 is 45.0 Å². The highest BCUT2D eigenvalue weighted by Crippen LogP contribution is 2.47. The number of phosphoric acid groups is 1. The Morgan fingerprint density at radius 3 is 2.14 bits per heavy atom. The number of ketones is 1. The molecule has 370 valence electrons. The second kappa shape index (κ2) is 34.2. The van der Waals surface area contributed by atoms with Gasteiger partial charge in [-0.15, -0.1) is 0 Å². The first-order valence-corrected chi connectivity index (χ1v) is 25.3. The van der Waals surface area contributed by atoms with E-state index in [1.165, 1.54) is 56.8 Å². The topological polar surface area (TPSA) is 247 Å². The summed E-state index contributed by atoms with van der Waals surface area (Å²) in [5.74, 6) is -4.74. The summed E-state index contributed by atoms with van der Waals surface area (Å²) in [4.78, 5) is 49.9. The number of ether oxygens (including phenoxy) is 2. The van der Waals surface area contributed by atoms with Crippen LogP contribution in [0.3, 0.4) is 0 Å². The number of phosphoric ester groups is 1. The van der Waals surface area contributed by atoms with Crippen LogP contribution in [0.1, 0.15) is 142 Å². The zero-order chi connectivity index (χ0) is 47.9. The Kier molecular flexibility index (Phi) is 30.6. The summed E-state index contributed by atoms with van der Waals surface area (Å²) in [6, 6.07) is 0. The largest absolute Gasteiger partial charge is 0.472 e. The molecule has 0 saturated heterocycles. The molecule has 15 nitrogen and oxygen atoms in total. The van der Waals surface area contributed by atoms with Crippen molar-refractivity contribution in [1.82, 2.24) is 0 Å². The first kappa shape index (κ1) is 58.0. The maximum absolute atomic E-state index is 13.6. The average Bonchev–Trinajstić information content (AvgIpc) is 3.28. The van der Waals surface area contributed by atoms with E-state index in [1.807, 2.05) is 19.1 Å². The summed E-state index contributed by atoms with van der Waals surface area (Å²) in [5, 5.41) is 67.0. The lowest BCUT2D eigenvalue weighted by molar-refractivity contribution is -0.164. The highest BCUT2D eigenvalue weighted by molar-refractivity contribution is 7.47. The van der Waals surface area contributed by atoms with E-state index in [0.29, 0.717) is 38.5 Å². The van der Waals surface area contributed by atoms with Gasteiger partial charge in [0, 0.05) is 18.8 Å². The number of carbonyl (C=O) groups is 3. The van der Waals surface area contributed by atoms with Crippen LogP contribution in [0.25, 0.3) is 0 Å². The lowest BCUT2D eigenvalue weighted by Crippen LogP contribution is -2.55. The number of hydrogen-bond acceptors (Lipinski definition) is 14. The minimum absolute atomic E-state index is 0.0201. The molecule has 65 heavy (non-hydrogen) atoms. The fourth-order valence-electron chi connectivity index (χ4n) is 7.27. The van der Waals surface area contributed by atoms with Crippen LogP contribution in [0.5, 0.6) is 0 Å². The van der Waals surface area contributed by atoms with E-state index in [0.717, 1.165) is 38.2 Å². The molecule has 0 aromatic heterocycles. The average molecular weight is 939 g/mol. The maximum Gasteiger partial charge on any atom is 0.472 e. The molecule has 2 aliphatic rings. The van der Waals surface area contributed by atoms with E-state index in [-0.39, 0.29) is 19.3 Å². The van der Waals surface area contributed by atoms with Crippen molar-refractivity contribution < 1.29 is 73.0 Å². The van der Waals surface area contributed by atoms with E-state index in [9.17, 15) is 54.5 Å². The van der Waals surface area contributed by atoms with Crippen molar-refractivity contribution >= 4 is 25.5 Å².